The molecule has 1 aromatic heterocycles. The number of benzene rings is 1. The summed E-state index contributed by atoms with van der Waals surface area (Å²) < 4.78 is 5.36. The van der Waals surface area contributed by atoms with Crippen molar-refractivity contribution in [2.45, 2.75) is 64.7 Å². The number of hydrogen-bond acceptors (Lipinski definition) is 3. The maximum Gasteiger partial charge on any atom is 0.339 e. The second-order valence-electron chi connectivity index (χ2n) is 6.08. The minimum absolute atomic E-state index is 0.208. The first-order chi connectivity index (χ1) is 10.7. The van der Waals surface area contributed by atoms with Crippen LogP contribution in [-0.4, -0.2) is 0 Å². The van der Waals surface area contributed by atoms with Gasteiger partial charge in [0, 0.05) is 16.6 Å². The number of aryl methyl sites for hydroxylation is 1. The van der Waals surface area contributed by atoms with Gasteiger partial charge in [0.25, 0.3) is 0 Å². The van der Waals surface area contributed by atoms with E-state index in [9.17, 15) is 4.79 Å². The largest absolute Gasteiger partial charge is 0.423 e. The van der Waals surface area contributed by atoms with Gasteiger partial charge in [0.15, 0.2) is 0 Å². The van der Waals surface area contributed by atoms with Gasteiger partial charge >= 0.3 is 5.63 Å². The van der Waals surface area contributed by atoms with Gasteiger partial charge in [-0.25, -0.2) is 4.79 Å². The summed E-state index contributed by atoms with van der Waals surface area (Å²) in [6.45, 7) is 2.24. The average Bonchev–Trinajstić information content (AvgIpc) is 2.50. The Hall–Kier alpha value is -1.77. The van der Waals surface area contributed by atoms with E-state index in [1.54, 1.807) is 12.1 Å². The van der Waals surface area contributed by atoms with Gasteiger partial charge in [0.05, 0.1) is 0 Å². The Morgan fingerprint density at radius 2 is 1.64 bits per heavy atom. The van der Waals surface area contributed by atoms with Gasteiger partial charge in [-0.05, 0) is 37.1 Å². The molecule has 0 spiro atoms. The minimum atomic E-state index is -0.208. The summed E-state index contributed by atoms with van der Waals surface area (Å²) in [5.41, 5.74) is 7.65. The molecule has 0 fully saturated rings. The third-order valence-corrected chi connectivity index (χ3v) is 4.13. The van der Waals surface area contributed by atoms with Gasteiger partial charge in [0.2, 0.25) is 0 Å². The van der Waals surface area contributed by atoms with E-state index >= 15 is 0 Å². The van der Waals surface area contributed by atoms with E-state index in [1.165, 1.54) is 44.9 Å². The van der Waals surface area contributed by atoms with E-state index in [1.807, 2.05) is 12.1 Å². The van der Waals surface area contributed by atoms with Gasteiger partial charge < -0.3 is 10.2 Å². The zero-order valence-electron chi connectivity index (χ0n) is 13.6. The molecule has 0 aliphatic carbocycles. The second kappa shape index (κ2) is 8.62. The molecule has 2 aromatic rings. The van der Waals surface area contributed by atoms with Crippen LogP contribution in [0.3, 0.4) is 0 Å². The highest BCUT2D eigenvalue weighted by molar-refractivity contribution is 5.80. The first-order valence-electron chi connectivity index (χ1n) is 8.53. The smallest absolute Gasteiger partial charge is 0.339 e. The first-order valence-corrected chi connectivity index (χ1v) is 8.53. The first kappa shape index (κ1) is 16.6. The van der Waals surface area contributed by atoms with Crippen LogP contribution in [0.1, 0.15) is 63.9 Å². The Morgan fingerprint density at radius 1 is 0.955 bits per heavy atom. The van der Waals surface area contributed by atoms with Gasteiger partial charge in [-0.2, -0.15) is 0 Å². The van der Waals surface area contributed by atoms with E-state index < -0.39 is 0 Å². The Bertz CT molecular complexity index is 645. The van der Waals surface area contributed by atoms with Gasteiger partial charge in [-0.15, -0.1) is 0 Å². The van der Waals surface area contributed by atoms with Gasteiger partial charge in [0.1, 0.15) is 5.58 Å². The highest BCUT2D eigenvalue weighted by atomic mass is 16.4. The summed E-state index contributed by atoms with van der Waals surface area (Å²) in [4.78, 5) is 12.0. The van der Waals surface area contributed by atoms with Crippen LogP contribution in [0, 0.1) is 0 Å². The molecule has 0 bridgehead atoms. The molecule has 0 amide bonds. The summed E-state index contributed by atoms with van der Waals surface area (Å²) >= 11 is 0. The lowest BCUT2D eigenvalue weighted by atomic mass is 10.0. The van der Waals surface area contributed by atoms with Crippen molar-refractivity contribution in [1.82, 2.24) is 0 Å². The summed E-state index contributed by atoms with van der Waals surface area (Å²) in [6, 6.07) is 7.30. The van der Waals surface area contributed by atoms with Crippen molar-refractivity contribution in [2.75, 3.05) is 5.73 Å². The van der Waals surface area contributed by atoms with E-state index in [4.69, 9.17) is 10.2 Å². The number of nitrogens with two attached hydrogens (primary N) is 1. The molecule has 2 N–H and O–H groups in total. The molecule has 0 aliphatic heterocycles. The number of rotatable bonds is 9. The van der Waals surface area contributed by atoms with Crippen molar-refractivity contribution in [2.24, 2.45) is 0 Å². The zero-order valence-corrected chi connectivity index (χ0v) is 13.6. The molecule has 120 valence electrons. The van der Waals surface area contributed by atoms with Crippen LogP contribution in [0.5, 0.6) is 0 Å². The predicted octanol–water partition coefficient (Wildman–Crippen LogP) is 5.06. The highest BCUT2D eigenvalue weighted by Crippen LogP contribution is 2.18. The topological polar surface area (TPSA) is 56.2 Å². The van der Waals surface area contributed by atoms with E-state index in [0.717, 1.165) is 23.8 Å². The number of fused-ring (bicyclic) bond motifs is 1. The average molecular weight is 301 g/mol. The highest BCUT2D eigenvalue weighted by Gasteiger charge is 2.05. The van der Waals surface area contributed by atoms with Crippen LogP contribution >= 0.6 is 0 Å². The SMILES string of the molecule is CCCCCCCCCCc1cc2cc(N)ccc2oc1=O. The molecule has 0 unspecified atom stereocenters. The Labute approximate surface area is 132 Å². The van der Waals surface area contributed by atoms with Crippen LogP contribution < -0.4 is 11.4 Å². The molecule has 2 rings (SSSR count). The fourth-order valence-electron chi connectivity index (χ4n) is 2.81. The Morgan fingerprint density at radius 3 is 2.36 bits per heavy atom. The molecule has 0 saturated carbocycles. The minimum Gasteiger partial charge on any atom is -0.423 e. The van der Waals surface area contributed by atoms with Crippen molar-refractivity contribution < 1.29 is 4.42 Å². The van der Waals surface area contributed by atoms with E-state index in [-0.39, 0.29) is 5.63 Å². The van der Waals surface area contributed by atoms with Crippen molar-refractivity contribution in [3.63, 3.8) is 0 Å². The molecular formula is C19H27NO2. The quantitative estimate of drug-likeness (QED) is 0.400. The van der Waals surface area contributed by atoms with Crippen LogP contribution in [0.15, 0.2) is 33.5 Å². The van der Waals surface area contributed by atoms with Crippen LogP contribution in [-0.2, 0) is 6.42 Å². The summed E-state index contributed by atoms with van der Waals surface area (Å²) in [5.74, 6) is 0. The molecule has 22 heavy (non-hydrogen) atoms. The second-order valence-corrected chi connectivity index (χ2v) is 6.08. The number of anilines is 1. The molecule has 3 nitrogen and oxygen atoms in total. The van der Waals surface area contributed by atoms with Crippen molar-refractivity contribution in [3.05, 3.63) is 40.2 Å². The number of hydrogen-bond donors (Lipinski definition) is 1. The predicted molar refractivity (Wildman–Crippen MR) is 93.2 cm³/mol. The van der Waals surface area contributed by atoms with Crippen molar-refractivity contribution in [1.29, 1.82) is 0 Å². The molecule has 0 radical (unpaired) electrons. The van der Waals surface area contributed by atoms with Crippen molar-refractivity contribution in [3.8, 4) is 0 Å². The normalized spacial score (nSPS) is 11.1. The molecule has 0 aliphatic rings. The fraction of sp³-hybridized carbons (Fsp3) is 0.526. The van der Waals surface area contributed by atoms with Crippen LogP contribution in [0.2, 0.25) is 0 Å². The molecule has 1 aromatic carbocycles. The van der Waals surface area contributed by atoms with E-state index in [0.29, 0.717) is 11.3 Å². The standard InChI is InChI=1S/C19H27NO2/c1-2-3-4-5-6-7-8-9-10-15-13-16-14-17(20)11-12-18(16)22-19(15)21/h11-14H,2-10,20H2,1H3. The molecular weight excluding hydrogens is 274 g/mol. The van der Waals surface area contributed by atoms with E-state index in [2.05, 4.69) is 6.92 Å². The fourth-order valence-corrected chi connectivity index (χ4v) is 2.81. The van der Waals surface area contributed by atoms with Crippen LogP contribution in [0.4, 0.5) is 5.69 Å². The molecule has 3 heteroatoms. The zero-order chi connectivity index (χ0) is 15.8. The molecule has 1 heterocycles. The number of nitrogen functional groups attached to an aromatic ring is 1. The molecule has 0 saturated heterocycles. The lowest BCUT2D eigenvalue weighted by molar-refractivity contribution is 0.540. The Kier molecular flexibility index (Phi) is 6.50. The summed E-state index contributed by atoms with van der Waals surface area (Å²) in [5, 5.41) is 0.911. The lowest BCUT2D eigenvalue weighted by Gasteiger charge is -2.04. The van der Waals surface area contributed by atoms with Gasteiger partial charge in [-0.3, -0.25) is 0 Å². The monoisotopic (exact) mass is 301 g/mol. The maximum absolute atomic E-state index is 12.0. The number of unbranched alkanes of at least 4 members (excludes halogenated alkanes) is 7. The third kappa shape index (κ3) is 4.90. The summed E-state index contributed by atoms with van der Waals surface area (Å²) in [7, 11) is 0. The van der Waals surface area contributed by atoms with Crippen molar-refractivity contribution >= 4 is 16.7 Å². The summed E-state index contributed by atoms with van der Waals surface area (Å²) in [6.07, 6.45) is 10.9. The third-order valence-electron chi connectivity index (χ3n) is 4.13. The van der Waals surface area contributed by atoms with Crippen LogP contribution in [0.25, 0.3) is 11.0 Å². The lowest BCUT2D eigenvalue weighted by Crippen LogP contribution is -2.07. The molecule has 0 atom stereocenters. The Balaban J connectivity index is 1.81. The maximum atomic E-state index is 12.0. The van der Waals surface area contributed by atoms with Gasteiger partial charge in [-0.1, -0.05) is 51.9 Å².